The van der Waals surface area contributed by atoms with Gasteiger partial charge in [0.15, 0.2) is 0 Å². The minimum atomic E-state index is -0.967. The molecule has 1 saturated heterocycles. The second kappa shape index (κ2) is 7.80. The molecule has 1 aromatic carbocycles. The molecule has 9 nitrogen and oxygen atoms in total. The highest BCUT2D eigenvalue weighted by Crippen LogP contribution is 2.33. The number of carbonyl (C=O) groups excluding carboxylic acids is 1. The molecule has 4 aromatic rings. The number of hydrogen-bond donors (Lipinski definition) is 2. The van der Waals surface area contributed by atoms with Crippen LogP contribution in [0.5, 0.6) is 5.75 Å². The number of pyridine rings is 1. The number of fused-ring (bicyclic) bond motifs is 2. The number of carbonyl (C=O) groups is 2. The smallest absolute Gasteiger partial charge is 0.407 e. The second-order valence-electron chi connectivity index (χ2n) is 7.14. The molecule has 4 heterocycles. The van der Waals surface area contributed by atoms with Crippen molar-refractivity contribution in [2.75, 3.05) is 18.4 Å². The molecule has 0 aliphatic carbocycles. The standard InChI is InChI=1S/C21H17N5O4S/c27-20(14-10-31-18-8-22-11-24-19(14)18)25-16-6-12-2-1-4-23-15(12)7-17(16)30-13-3-5-26(9-13)21(28)29/h1-2,4,6-8,10-11,13H,3,5,9H2,(H,25,27)(H,28,29). The van der Waals surface area contributed by atoms with Gasteiger partial charge in [-0.3, -0.25) is 9.78 Å². The molecule has 1 fully saturated rings. The van der Waals surface area contributed by atoms with Crippen LogP contribution in [0.3, 0.4) is 0 Å². The molecule has 31 heavy (non-hydrogen) atoms. The molecule has 1 aliphatic rings. The molecule has 156 valence electrons. The maximum absolute atomic E-state index is 13.0. The highest BCUT2D eigenvalue weighted by atomic mass is 32.1. The molecule has 1 atom stereocenters. The van der Waals surface area contributed by atoms with Gasteiger partial charge in [-0.05, 0) is 12.1 Å². The Kier molecular flexibility index (Phi) is 4.83. The molecule has 3 aromatic heterocycles. The van der Waals surface area contributed by atoms with E-state index in [1.54, 1.807) is 23.8 Å². The molecule has 1 aliphatic heterocycles. The van der Waals surface area contributed by atoms with Crippen molar-refractivity contribution < 1.29 is 19.4 Å². The first kappa shape index (κ1) is 19.2. The Morgan fingerprint density at radius 1 is 1.29 bits per heavy atom. The highest BCUT2D eigenvalue weighted by Gasteiger charge is 2.28. The van der Waals surface area contributed by atoms with Gasteiger partial charge in [0, 0.05) is 42.2 Å². The first-order chi connectivity index (χ1) is 15.1. The molecular weight excluding hydrogens is 418 g/mol. The Balaban J connectivity index is 1.47. The Morgan fingerprint density at radius 2 is 2.19 bits per heavy atom. The number of ether oxygens (including phenoxy) is 1. The molecule has 2 amide bonds. The van der Waals surface area contributed by atoms with Gasteiger partial charge >= 0.3 is 6.09 Å². The van der Waals surface area contributed by atoms with Crippen LogP contribution in [-0.2, 0) is 0 Å². The Hall–Kier alpha value is -3.79. The quantitative estimate of drug-likeness (QED) is 0.503. The molecular formula is C21H17N5O4S. The predicted octanol–water partition coefficient (Wildman–Crippen LogP) is 3.62. The van der Waals surface area contributed by atoms with Gasteiger partial charge in [-0.25, -0.2) is 14.8 Å². The SMILES string of the molecule is O=C(Nc1cc2cccnc2cc1OC1CCN(C(=O)O)C1)c1csc2cncnc12. The van der Waals surface area contributed by atoms with Crippen molar-refractivity contribution in [3.05, 3.63) is 53.9 Å². The number of benzene rings is 1. The fraction of sp³-hybridized carbons (Fsp3) is 0.190. The zero-order chi connectivity index (χ0) is 21.4. The van der Waals surface area contributed by atoms with Crippen molar-refractivity contribution in [2.24, 2.45) is 0 Å². The van der Waals surface area contributed by atoms with Crippen molar-refractivity contribution in [1.29, 1.82) is 0 Å². The van der Waals surface area contributed by atoms with Crippen LogP contribution < -0.4 is 10.1 Å². The summed E-state index contributed by atoms with van der Waals surface area (Å²) in [6.45, 7) is 0.684. The number of likely N-dealkylation sites (tertiary alicyclic amines) is 1. The number of amides is 2. The van der Waals surface area contributed by atoms with Crippen molar-refractivity contribution in [3.63, 3.8) is 0 Å². The summed E-state index contributed by atoms with van der Waals surface area (Å²) in [6, 6.07) is 7.29. The molecule has 0 radical (unpaired) electrons. The number of thiophene rings is 1. The van der Waals surface area contributed by atoms with E-state index in [1.165, 1.54) is 22.6 Å². The summed E-state index contributed by atoms with van der Waals surface area (Å²) in [6.07, 6.45) is 4.08. The van der Waals surface area contributed by atoms with Gasteiger partial charge in [0.1, 0.15) is 18.2 Å². The predicted molar refractivity (Wildman–Crippen MR) is 116 cm³/mol. The molecule has 10 heteroatoms. The summed E-state index contributed by atoms with van der Waals surface area (Å²) in [5, 5.41) is 14.7. The van der Waals surface area contributed by atoms with Gasteiger partial charge in [0.05, 0.1) is 33.5 Å². The average Bonchev–Trinajstić information content (AvgIpc) is 3.41. The van der Waals surface area contributed by atoms with Crippen LogP contribution in [0.4, 0.5) is 10.5 Å². The minimum absolute atomic E-state index is 0.273. The highest BCUT2D eigenvalue weighted by molar-refractivity contribution is 7.17. The Labute approximate surface area is 180 Å². The van der Waals surface area contributed by atoms with Gasteiger partial charge in [-0.1, -0.05) is 6.07 Å². The van der Waals surface area contributed by atoms with E-state index in [1.807, 2.05) is 18.2 Å². The largest absolute Gasteiger partial charge is 0.486 e. The Morgan fingerprint density at radius 3 is 3.03 bits per heavy atom. The summed E-state index contributed by atoms with van der Waals surface area (Å²) < 4.78 is 6.94. The summed E-state index contributed by atoms with van der Waals surface area (Å²) in [5.74, 6) is 0.141. The number of aromatic nitrogens is 3. The lowest BCUT2D eigenvalue weighted by molar-refractivity contribution is 0.102. The van der Waals surface area contributed by atoms with E-state index in [0.29, 0.717) is 35.5 Å². The molecule has 0 saturated carbocycles. The number of hydrogen-bond acceptors (Lipinski definition) is 7. The van der Waals surface area contributed by atoms with Crippen LogP contribution in [-0.4, -0.2) is 56.2 Å². The van der Waals surface area contributed by atoms with Crippen LogP contribution in [0.15, 0.2) is 48.4 Å². The average molecular weight is 435 g/mol. The van der Waals surface area contributed by atoms with Gasteiger partial charge in [-0.2, -0.15) is 0 Å². The zero-order valence-corrected chi connectivity index (χ0v) is 17.0. The maximum atomic E-state index is 13.0. The topological polar surface area (TPSA) is 118 Å². The van der Waals surface area contributed by atoms with Crippen molar-refractivity contribution in [3.8, 4) is 5.75 Å². The fourth-order valence-electron chi connectivity index (χ4n) is 3.61. The van der Waals surface area contributed by atoms with Crippen molar-refractivity contribution in [2.45, 2.75) is 12.5 Å². The lowest BCUT2D eigenvalue weighted by Gasteiger charge is -2.18. The van der Waals surface area contributed by atoms with E-state index in [2.05, 4.69) is 20.3 Å². The Bertz CT molecular complexity index is 1310. The van der Waals surface area contributed by atoms with Crippen LogP contribution in [0.2, 0.25) is 0 Å². The maximum Gasteiger partial charge on any atom is 0.407 e. The zero-order valence-electron chi connectivity index (χ0n) is 16.2. The summed E-state index contributed by atoms with van der Waals surface area (Å²) in [4.78, 5) is 38.1. The van der Waals surface area contributed by atoms with Crippen LogP contribution in [0, 0.1) is 0 Å². The molecule has 2 N–H and O–H groups in total. The van der Waals surface area contributed by atoms with E-state index in [0.717, 1.165) is 15.6 Å². The van der Waals surface area contributed by atoms with E-state index in [4.69, 9.17) is 4.74 Å². The van der Waals surface area contributed by atoms with E-state index in [9.17, 15) is 14.7 Å². The van der Waals surface area contributed by atoms with Gasteiger partial charge in [0.2, 0.25) is 0 Å². The van der Waals surface area contributed by atoms with Crippen molar-refractivity contribution >= 4 is 50.1 Å². The minimum Gasteiger partial charge on any atom is -0.486 e. The molecule has 0 bridgehead atoms. The third-order valence-electron chi connectivity index (χ3n) is 5.14. The summed E-state index contributed by atoms with van der Waals surface area (Å²) in [5.41, 5.74) is 2.26. The molecule has 0 spiro atoms. The number of nitrogens with one attached hydrogen (secondary N) is 1. The first-order valence-corrected chi connectivity index (χ1v) is 10.5. The number of rotatable bonds is 4. The fourth-order valence-corrected chi connectivity index (χ4v) is 4.47. The van der Waals surface area contributed by atoms with E-state index in [-0.39, 0.29) is 18.6 Å². The van der Waals surface area contributed by atoms with E-state index >= 15 is 0 Å². The van der Waals surface area contributed by atoms with Gasteiger partial charge < -0.3 is 20.1 Å². The summed E-state index contributed by atoms with van der Waals surface area (Å²) >= 11 is 1.40. The van der Waals surface area contributed by atoms with Crippen LogP contribution in [0.1, 0.15) is 16.8 Å². The molecule has 1 unspecified atom stereocenters. The third-order valence-corrected chi connectivity index (χ3v) is 6.05. The van der Waals surface area contributed by atoms with Crippen molar-refractivity contribution in [1.82, 2.24) is 19.9 Å². The van der Waals surface area contributed by atoms with Crippen LogP contribution in [0.25, 0.3) is 21.1 Å². The van der Waals surface area contributed by atoms with E-state index < -0.39 is 6.09 Å². The number of anilines is 1. The second-order valence-corrected chi connectivity index (χ2v) is 8.05. The number of carboxylic acid groups (broad SMARTS) is 1. The lowest BCUT2D eigenvalue weighted by Crippen LogP contribution is -2.29. The lowest BCUT2D eigenvalue weighted by atomic mass is 10.1. The first-order valence-electron chi connectivity index (χ1n) is 9.60. The number of nitrogens with zero attached hydrogens (tertiary/aromatic N) is 4. The monoisotopic (exact) mass is 435 g/mol. The molecule has 5 rings (SSSR count). The van der Waals surface area contributed by atoms with Gasteiger partial charge in [-0.15, -0.1) is 11.3 Å². The van der Waals surface area contributed by atoms with Gasteiger partial charge in [0.25, 0.3) is 5.91 Å². The summed E-state index contributed by atoms with van der Waals surface area (Å²) in [7, 11) is 0. The van der Waals surface area contributed by atoms with Crippen LogP contribution >= 0.6 is 11.3 Å². The normalized spacial score (nSPS) is 16.0. The third kappa shape index (κ3) is 3.73.